The molecule has 0 saturated carbocycles. The average Bonchev–Trinajstić information content (AvgIpc) is 3.56. The molecule has 0 bridgehead atoms. The summed E-state index contributed by atoms with van der Waals surface area (Å²) in [5.41, 5.74) is 4.66. The van der Waals surface area contributed by atoms with Gasteiger partial charge in [-0.2, -0.15) is 5.10 Å². The maximum atomic E-state index is 12.1. The largest absolute Gasteiger partial charge is 0.493 e. The van der Waals surface area contributed by atoms with Crippen LogP contribution in [0.2, 0.25) is 5.15 Å². The van der Waals surface area contributed by atoms with Crippen molar-refractivity contribution in [2.45, 2.75) is 24.5 Å². The number of nitrogens with one attached hydrogen (secondary N) is 3. The van der Waals surface area contributed by atoms with Crippen molar-refractivity contribution in [3.63, 3.8) is 0 Å². The van der Waals surface area contributed by atoms with Crippen molar-refractivity contribution < 1.29 is 23.9 Å². The summed E-state index contributed by atoms with van der Waals surface area (Å²) in [4.78, 5) is 40.9. The molecule has 0 spiro atoms. The highest BCUT2D eigenvalue weighted by molar-refractivity contribution is 8.01. The summed E-state index contributed by atoms with van der Waals surface area (Å²) >= 11 is 7.38. The Hall–Kier alpha value is -3.77. The number of carbonyl (C=O) groups excluding carboxylic acids is 3. The van der Waals surface area contributed by atoms with Crippen LogP contribution in [-0.4, -0.2) is 76.1 Å². The molecule has 1 fully saturated rings. The number of hydrogen-bond donors (Lipinski definition) is 3. The molecule has 1 saturated heterocycles. The van der Waals surface area contributed by atoms with Crippen LogP contribution < -0.4 is 20.1 Å². The van der Waals surface area contributed by atoms with Crippen LogP contribution in [0.3, 0.4) is 0 Å². The highest BCUT2D eigenvalue weighted by Gasteiger charge is 2.36. The third-order valence-corrected chi connectivity index (χ3v) is 8.06. The topological polar surface area (TPSA) is 139 Å². The van der Waals surface area contributed by atoms with Crippen molar-refractivity contribution in [2.24, 2.45) is 0 Å². The van der Waals surface area contributed by atoms with E-state index in [2.05, 4.69) is 25.8 Å². The second-order valence-electron chi connectivity index (χ2n) is 9.08. The number of aromatic nitrogens is 3. The van der Waals surface area contributed by atoms with E-state index < -0.39 is 5.25 Å². The Morgan fingerprint density at radius 1 is 1.31 bits per heavy atom. The maximum absolute atomic E-state index is 12.1. The van der Waals surface area contributed by atoms with E-state index in [-0.39, 0.29) is 29.9 Å². The number of halogens is 1. The molecule has 204 valence electrons. The van der Waals surface area contributed by atoms with Gasteiger partial charge in [-0.15, -0.1) is 11.8 Å². The van der Waals surface area contributed by atoms with Crippen molar-refractivity contribution in [2.75, 3.05) is 38.4 Å². The second-order valence-corrected chi connectivity index (χ2v) is 10.6. The summed E-state index contributed by atoms with van der Waals surface area (Å²) in [6.45, 7) is 0.800. The van der Waals surface area contributed by atoms with Crippen molar-refractivity contribution in [3.8, 4) is 22.8 Å². The molecule has 11 nitrogen and oxygen atoms in total. The van der Waals surface area contributed by atoms with Gasteiger partial charge in [-0.1, -0.05) is 11.6 Å². The van der Waals surface area contributed by atoms with Gasteiger partial charge < -0.3 is 20.1 Å². The lowest BCUT2D eigenvalue weighted by atomic mass is 10.1. The summed E-state index contributed by atoms with van der Waals surface area (Å²) in [7, 11) is 3.05. The monoisotopic (exact) mass is 570 g/mol. The number of amides is 3. The maximum Gasteiger partial charge on any atom is 0.242 e. The van der Waals surface area contributed by atoms with Crippen molar-refractivity contribution in [1.29, 1.82) is 0 Å². The first-order chi connectivity index (χ1) is 18.9. The summed E-state index contributed by atoms with van der Waals surface area (Å²) in [5.74, 6) is 1.38. The minimum Gasteiger partial charge on any atom is -0.493 e. The van der Waals surface area contributed by atoms with Crippen LogP contribution in [0.1, 0.15) is 24.0 Å². The number of imide groups is 1. The van der Waals surface area contributed by atoms with Crippen LogP contribution in [0, 0.1) is 0 Å². The Morgan fingerprint density at radius 3 is 2.90 bits per heavy atom. The first kappa shape index (κ1) is 26.8. The van der Waals surface area contributed by atoms with Gasteiger partial charge in [0.25, 0.3) is 0 Å². The molecule has 2 aromatic heterocycles. The highest BCUT2D eigenvalue weighted by Crippen LogP contribution is 2.44. The molecule has 3 heterocycles. The molecular weight excluding hydrogens is 544 g/mol. The van der Waals surface area contributed by atoms with Crippen molar-refractivity contribution >= 4 is 52.6 Å². The summed E-state index contributed by atoms with van der Waals surface area (Å²) in [6.07, 6.45) is 3.01. The number of thioether (sulfide) groups is 1. The second kappa shape index (κ2) is 11.5. The van der Waals surface area contributed by atoms with Gasteiger partial charge >= 0.3 is 0 Å². The minimum atomic E-state index is -0.485. The van der Waals surface area contributed by atoms with Gasteiger partial charge in [-0.25, -0.2) is 4.98 Å². The van der Waals surface area contributed by atoms with Crippen molar-refractivity contribution in [1.82, 2.24) is 25.4 Å². The van der Waals surface area contributed by atoms with Gasteiger partial charge in [0.05, 0.1) is 36.1 Å². The number of pyridine rings is 1. The number of likely N-dealkylation sites (tertiary alicyclic amines) is 1. The molecule has 1 unspecified atom stereocenters. The number of carbonyl (C=O) groups is 3. The van der Waals surface area contributed by atoms with Gasteiger partial charge in [0.2, 0.25) is 17.7 Å². The lowest BCUT2D eigenvalue weighted by Crippen LogP contribution is -2.30. The number of hydrogen-bond acceptors (Lipinski definition) is 9. The number of methoxy groups -OCH3 is 1. The Morgan fingerprint density at radius 2 is 2.15 bits per heavy atom. The highest BCUT2D eigenvalue weighted by atomic mass is 35.5. The van der Waals surface area contributed by atoms with Crippen LogP contribution in [0.25, 0.3) is 11.3 Å². The van der Waals surface area contributed by atoms with E-state index in [1.165, 1.54) is 18.8 Å². The van der Waals surface area contributed by atoms with Crippen molar-refractivity contribution in [3.05, 3.63) is 46.7 Å². The number of fused-ring (bicyclic) bond motifs is 3. The van der Waals surface area contributed by atoms with Crippen LogP contribution >= 0.6 is 23.4 Å². The Labute approximate surface area is 234 Å². The van der Waals surface area contributed by atoms with Crippen LogP contribution in [0.15, 0.2) is 30.5 Å². The lowest BCUT2D eigenvalue weighted by Gasteiger charge is -2.13. The third kappa shape index (κ3) is 5.66. The summed E-state index contributed by atoms with van der Waals surface area (Å²) in [5, 5.41) is 13.5. The molecule has 3 N–H and O–H groups in total. The van der Waals surface area contributed by atoms with Gasteiger partial charge in [-0.05, 0) is 36.2 Å². The van der Waals surface area contributed by atoms with E-state index in [4.69, 9.17) is 21.1 Å². The lowest BCUT2D eigenvalue weighted by molar-refractivity contribution is -0.136. The summed E-state index contributed by atoms with van der Waals surface area (Å²) < 4.78 is 11.6. The molecule has 39 heavy (non-hydrogen) atoms. The zero-order chi connectivity index (χ0) is 27.5. The Bertz CT molecular complexity index is 1430. The van der Waals surface area contributed by atoms with Crippen LogP contribution in [0.5, 0.6) is 11.5 Å². The smallest absolute Gasteiger partial charge is 0.242 e. The standard InChI is InChI=1S/C26H27ClN6O5S/c1-33-22(35)12-20(26(33)36)39-13-21(34)28-7-4-8-38-19-10-14-9-16-23(15(14)11-18(19)37-2)31-32-25(16)30-17-5-3-6-29-24(17)27/h3,5-6,10-11,20H,4,7-9,12-13H2,1-2H3,(H,28,34)(H2,30,31,32). The SMILES string of the molecule is COc1cc2c(cc1OCCCNC(=O)CSC1CC(=O)N(C)C1=O)Cc1c(Nc3cccnc3Cl)n[nH]c1-2. The average molecular weight is 571 g/mol. The van der Waals surface area contributed by atoms with E-state index in [1.54, 1.807) is 19.4 Å². The molecule has 1 aliphatic heterocycles. The molecule has 1 aromatic carbocycles. The molecule has 3 aromatic rings. The van der Waals surface area contributed by atoms with Gasteiger partial charge in [-0.3, -0.25) is 24.4 Å². The van der Waals surface area contributed by atoms with Crippen LogP contribution in [0.4, 0.5) is 11.5 Å². The molecule has 5 rings (SSSR count). The first-order valence-corrected chi connectivity index (χ1v) is 13.8. The quantitative estimate of drug-likeness (QED) is 0.141. The van der Waals surface area contributed by atoms with E-state index in [1.807, 2.05) is 18.2 Å². The van der Waals surface area contributed by atoms with E-state index in [9.17, 15) is 14.4 Å². The summed E-state index contributed by atoms with van der Waals surface area (Å²) in [6, 6.07) is 7.54. The van der Waals surface area contributed by atoms with Gasteiger partial charge in [0, 0.05) is 43.8 Å². The number of rotatable bonds is 11. The number of H-pyrrole nitrogens is 1. The predicted molar refractivity (Wildman–Crippen MR) is 148 cm³/mol. The third-order valence-electron chi connectivity index (χ3n) is 6.56. The molecule has 1 aliphatic carbocycles. The molecular formula is C26H27ClN6O5S. The Balaban J connectivity index is 1.12. The number of benzene rings is 1. The molecule has 2 aliphatic rings. The zero-order valence-corrected chi connectivity index (χ0v) is 22.9. The van der Waals surface area contributed by atoms with E-state index >= 15 is 0 Å². The first-order valence-electron chi connectivity index (χ1n) is 12.3. The minimum absolute atomic E-state index is 0.121. The van der Waals surface area contributed by atoms with Gasteiger partial charge in [0.1, 0.15) is 0 Å². The molecule has 1 atom stereocenters. The number of aromatic amines is 1. The van der Waals surface area contributed by atoms with E-state index in [0.717, 1.165) is 27.3 Å². The number of anilines is 2. The fraction of sp³-hybridized carbons (Fsp3) is 0.346. The molecule has 0 radical (unpaired) electrons. The van der Waals surface area contributed by atoms with Gasteiger partial charge in [0.15, 0.2) is 22.5 Å². The fourth-order valence-electron chi connectivity index (χ4n) is 4.48. The number of ether oxygens (including phenoxy) is 2. The van der Waals surface area contributed by atoms with E-state index in [0.29, 0.717) is 54.2 Å². The fourth-order valence-corrected chi connectivity index (χ4v) is 5.66. The number of nitrogens with zero attached hydrogens (tertiary/aromatic N) is 3. The predicted octanol–water partition coefficient (Wildman–Crippen LogP) is 3.16. The molecule has 3 amide bonds. The Kier molecular flexibility index (Phi) is 7.94. The molecule has 13 heteroatoms. The normalized spacial score (nSPS) is 15.8. The van der Waals surface area contributed by atoms with Crippen LogP contribution in [-0.2, 0) is 20.8 Å². The zero-order valence-electron chi connectivity index (χ0n) is 21.4.